The Morgan fingerprint density at radius 2 is 2.06 bits per heavy atom. The van der Waals surface area contributed by atoms with E-state index >= 15 is 0 Å². The maximum absolute atomic E-state index is 6.13. The van der Waals surface area contributed by atoms with Gasteiger partial charge in [0.05, 0.1) is 6.20 Å². The van der Waals surface area contributed by atoms with Gasteiger partial charge < -0.3 is 5.32 Å². The van der Waals surface area contributed by atoms with Gasteiger partial charge in [0.15, 0.2) is 11.6 Å². The van der Waals surface area contributed by atoms with Gasteiger partial charge in [0.1, 0.15) is 10.8 Å². The van der Waals surface area contributed by atoms with Gasteiger partial charge in [-0.25, -0.2) is 9.97 Å². The Kier molecular flexibility index (Phi) is 3.76. The zero-order chi connectivity index (χ0) is 13.1. The lowest BCUT2D eigenvalue weighted by atomic mass is 10.4. The molecule has 0 bridgehead atoms. The van der Waals surface area contributed by atoms with Crippen molar-refractivity contribution in [1.29, 1.82) is 0 Å². The third-order valence-corrected chi connectivity index (χ3v) is 2.77. The van der Waals surface area contributed by atoms with Crippen LogP contribution in [0.5, 0.6) is 0 Å². The summed E-state index contributed by atoms with van der Waals surface area (Å²) < 4.78 is 1.68. The van der Waals surface area contributed by atoms with Crippen LogP contribution in [0.1, 0.15) is 25.5 Å². The summed E-state index contributed by atoms with van der Waals surface area (Å²) in [4.78, 5) is 12.8. The van der Waals surface area contributed by atoms with E-state index < -0.39 is 0 Å². The lowest BCUT2D eigenvalue weighted by molar-refractivity contribution is 0.766. The van der Waals surface area contributed by atoms with Gasteiger partial charge in [0.2, 0.25) is 5.95 Å². The zero-order valence-electron chi connectivity index (χ0n) is 10.6. The third-order valence-electron chi connectivity index (χ3n) is 2.50. The predicted octanol–water partition coefficient (Wildman–Crippen LogP) is 1.88. The van der Waals surface area contributed by atoms with Crippen molar-refractivity contribution >= 4 is 17.5 Å². The fourth-order valence-corrected chi connectivity index (χ4v) is 1.74. The van der Waals surface area contributed by atoms with E-state index in [0.717, 1.165) is 24.5 Å². The highest BCUT2D eigenvalue weighted by Crippen LogP contribution is 2.19. The summed E-state index contributed by atoms with van der Waals surface area (Å²) >= 11 is 6.13. The van der Waals surface area contributed by atoms with E-state index in [9.17, 15) is 0 Å². The van der Waals surface area contributed by atoms with Crippen molar-refractivity contribution in [2.75, 3.05) is 12.4 Å². The number of nitrogens with one attached hydrogen (secondary N) is 1. The molecule has 2 heterocycles. The summed E-state index contributed by atoms with van der Waals surface area (Å²) in [5.41, 5.74) is 0. The first-order chi connectivity index (χ1) is 8.69. The van der Waals surface area contributed by atoms with Crippen molar-refractivity contribution < 1.29 is 0 Å². The monoisotopic (exact) mass is 266 g/mol. The van der Waals surface area contributed by atoms with Crippen LogP contribution in [0.3, 0.4) is 0 Å². The van der Waals surface area contributed by atoms with E-state index in [0.29, 0.717) is 16.8 Å². The Bertz CT molecular complexity index is 550. The molecule has 0 amide bonds. The van der Waals surface area contributed by atoms with Crippen molar-refractivity contribution in [3.05, 3.63) is 22.9 Å². The van der Waals surface area contributed by atoms with Crippen LogP contribution >= 0.6 is 11.6 Å². The van der Waals surface area contributed by atoms with Crippen LogP contribution in [0.25, 0.3) is 5.82 Å². The number of nitrogens with zero attached hydrogens (tertiary/aromatic N) is 5. The van der Waals surface area contributed by atoms with Crippen LogP contribution in [0, 0.1) is 0 Å². The quantitative estimate of drug-likeness (QED) is 0.915. The van der Waals surface area contributed by atoms with Crippen molar-refractivity contribution in [1.82, 2.24) is 24.7 Å². The SMILES string of the molecule is CCc1nc(CC)n(-c2nc(NC)ncc2Cl)n1. The first kappa shape index (κ1) is 12.8. The first-order valence-corrected chi connectivity index (χ1v) is 6.22. The normalized spacial score (nSPS) is 10.7. The van der Waals surface area contributed by atoms with Gasteiger partial charge in [-0.05, 0) is 0 Å². The van der Waals surface area contributed by atoms with Crippen molar-refractivity contribution in [2.45, 2.75) is 26.7 Å². The van der Waals surface area contributed by atoms with Gasteiger partial charge >= 0.3 is 0 Å². The maximum atomic E-state index is 6.13. The molecule has 0 aromatic carbocycles. The molecular weight excluding hydrogens is 252 g/mol. The first-order valence-electron chi connectivity index (χ1n) is 5.85. The van der Waals surface area contributed by atoms with Crippen LogP contribution in [-0.2, 0) is 12.8 Å². The zero-order valence-corrected chi connectivity index (χ0v) is 11.4. The largest absolute Gasteiger partial charge is 0.357 e. The molecule has 0 aliphatic heterocycles. The van der Waals surface area contributed by atoms with Gasteiger partial charge in [-0.15, -0.1) is 5.10 Å². The smallest absolute Gasteiger partial charge is 0.224 e. The molecule has 0 fully saturated rings. The lowest BCUT2D eigenvalue weighted by Crippen LogP contribution is -2.08. The van der Waals surface area contributed by atoms with E-state index in [1.807, 2.05) is 13.8 Å². The number of hydrogen-bond donors (Lipinski definition) is 1. The summed E-state index contributed by atoms with van der Waals surface area (Å²) in [5.74, 6) is 2.69. The minimum atomic E-state index is 0.455. The molecule has 96 valence electrons. The molecule has 6 nitrogen and oxygen atoms in total. The summed E-state index contributed by atoms with van der Waals surface area (Å²) in [6, 6.07) is 0. The van der Waals surface area contributed by atoms with E-state index in [2.05, 4.69) is 25.4 Å². The molecule has 7 heteroatoms. The average Bonchev–Trinajstić information content (AvgIpc) is 2.82. The second-order valence-corrected chi connectivity index (χ2v) is 4.09. The second kappa shape index (κ2) is 5.30. The van der Waals surface area contributed by atoms with Crippen LogP contribution in [0.2, 0.25) is 5.02 Å². The fraction of sp³-hybridized carbons (Fsp3) is 0.455. The Hall–Kier alpha value is -1.69. The molecule has 0 aliphatic carbocycles. The summed E-state index contributed by atoms with van der Waals surface area (Å²) in [6.45, 7) is 4.04. The molecule has 0 radical (unpaired) electrons. The molecule has 1 N–H and O–H groups in total. The Balaban J connectivity index is 2.56. The highest BCUT2D eigenvalue weighted by molar-refractivity contribution is 6.32. The number of aromatic nitrogens is 5. The number of halogens is 1. The minimum absolute atomic E-state index is 0.455. The fourth-order valence-electron chi connectivity index (χ4n) is 1.57. The van der Waals surface area contributed by atoms with Gasteiger partial charge in [-0.3, -0.25) is 0 Å². The second-order valence-electron chi connectivity index (χ2n) is 3.68. The molecule has 0 saturated carbocycles. The Labute approximate surface area is 110 Å². The topological polar surface area (TPSA) is 68.5 Å². The molecule has 0 atom stereocenters. The third kappa shape index (κ3) is 2.28. The average molecular weight is 267 g/mol. The Morgan fingerprint density at radius 3 is 2.67 bits per heavy atom. The number of hydrogen-bond acceptors (Lipinski definition) is 5. The van der Waals surface area contributed by atoms with E-state index in [4.69, 9.17) is 11.6 Å². The summed E-state index contributed by atoms with van der Waals surface area (Å²) in [5, 5.41) is 7.74. The predicted molar refractivity (Wildman–Crippen MR) is 70.3 cm³/mol. The van der Waals surface area contributed by atoms with Crippen molar-refractivity contribution in [3.63, 3.8) is 0 Å². The molecule has 0 spiro atoms. The lowest BCUT2D eigenvalue weighted by Gasteiger charge is -2.06. The van der Waals surface area contributed by atoms with Gasteiger partial charge in [0.25, 0.3) is 0 Å². The molecule has 2 rings (SSSR count). The number of rotatable bonds is 4. The number of aryl methyl sites for hydroxylation is 2. The molecule has 2 aromatic heterocycles. The van der Waals surface area contributed by atoms with Crippen molar-refractivity contribution in [3.8, 4) is 5.82 Å². The maximum Gasteiger partial charge on any atom is 0.224 e. The van der Waals surface area contributed by atoms with Crippen LogP contribution < -0.4 is 5.32 Å². The van der Waals surface area contributed by atoms with E-state index in [1.54, 1.807) is 17.9 Å². The summed E-state index contributed by atoms with van der Waals surface area (Å²) in [6.07, 6.45) is 3.10. The Morgan fingerprint density at radius 1 is 1.28 bits per heavy atom. The van der Waals surface area contributed by atoms with E-state index in [1.165, 1.54) is 0 Å². The van der Waals surface area contributed by atoms with Crippen LogP contribution in [0.15, 0.2) is 6.20 Å². The number of anilines is 1. The van der Waals surface area contributed by atoms with Gasteiger partial charge in [-0.1, -0.05) is 25.4 Å². The van der Waals surface area contributed by atoms with Crippen LogP contribution in [0.4, 0.5) is 5.95 Å². The highest BCUT2D eigenvalue weighted by atomic mass is 35.5. The molecule has 0 saturated heterocycles. The van der Waals surface area contributed by atoms with Gasteiger partial charge in [0, 0.05) is 19.9 Å². The molecule has 18 heavy (non-hydrogen) atoms. The molecule has 0 unspecified atom stereocenters. The molecule has 0 aliphatic rings. The molecular formula is C11H15ClN6. The van der Waals surface area contributed by atoms with Crippen LogP contribution in [-0.4, -0.2) is 31.8 Å². The summed E-state index contributed by atoms with van der Waals surface area (Å²) in [7, 11) is 1.76. The van der Waals surface area contributed by atoms with E-state index in [-0.39, 0.29) is 0 Å². The highest BCUT2D eigenvalue weighted by Gasteiger charge is 2.14. The minimum Gasteiger partial charge on any atom is -0.357 e. The van der Waals surface area contributed by atoms with Crippen molar-refractivity contribution in [2.24, 2.45) is 0 Å². The molecule has 2 aromatic rings. The standard InChI is InChI=1S/C11H15ClN6/c1-4-8-15-9(5-2)18(17-8)10-7(12)6-14-11(13-3)16-10/h6H,4-5H2,1-3H3,(H,13,14,16). The van der Waals surface area contributed by atoms with Gasteiger partial charge in [-0.2, -0.15) is 9.67 Å².